The van der Waals surface area contributed by atoms with Crippen LogP contribution in [0.4, 0.5) is 0 Å². The monoisotopic (exact) mass is 246 g/mol. The number of carbonyl (C=O) groups excluding carboxylic acids is 1. The molecule has 2 nitrogen and oxygen atoms in total. The molecule has 0 heterocycles. The summed E-state index contributed by atoms with van der Waals surface area (Å²) >= 11 is 0. The molecule has 1 aromatic carbocycles. The minimum absolute atomic E-state index is 0.192. The molecule has 0 N–H and O–H groups in total. The molecule has 1 saturated carbocycles. The molecule has 1 aromatic rings. The molecule has 98 valence electrons. The normalized spacial score (nSPS) is 19.2. The van der Waals surface area contributed by atoms with Gasteiger partial charge in [-0.1, -0.05) is 56.0 Å². The van der Waals surface area contributed by atoms with Crippen LogP contribution in [0.15, 0.2) is 30.3 Å². The third kappa shape index (κ3) is 3.20. The lowest BCUT2D eigenvalue weighted by atomic mass is 9.89. The molecule has 1 aliphatic carbocycles. The van der Waals surface area contributed by atoms with Crippen LogP contribution in [0.25, 0.3) is 0 Å². The Bertz CT molecular complexity index is 364. The summed E-state index contributed by atoms with van der Waals surface area (Å²) in [7, 11) is 1.63. The van der Waals surface area contributed by atoms with Crippen molar-refractivity contribution in [3.05, 3.63) is 35.9 Å². The molecule has 2 heteroatoms. The molecule has 0 spiro atoms. The van der Waals surface area contributed by atoms with E-state index in [-0.39, 0.29) is 17.8 Å². The predicted molar refractivity (Wildman–Crippen MR) is 72.4 cm³/mol. The minimum Gasteiger partial charge on any atom is -0.369 e. The van der Waals surface area contributed by atoms with Crippen molar-refractivity contribution in [3.63, 3.8) is 0 Å². The third-order valence-electron chi connectivity index (χ3n) is 3.85. The van der Waals surface area contributed by atoms with Crippen LogP contribution in [0.5, 0.6) is 0 Å². The summed E-state index contributed by atoms with van der Waals surface area (Å²) in [5, 5.41) is 0. The van der Waals surface area contributed by atoms with E-state index in [0.29, 0.717) is 0 Å². The summed E-state index contributed by atoms with van der Waals surface area (Å²) in [4.78, 5) is 12.6. The quantitative estimate of drug-likeness (QED) is 0.753. The molecule has 0 bridgehead atoms. The van der Waals surface area contributed by atoms with E-state index < -0.39 is 0 Å². The van der Waals surface area contributed by atoms with E-state index in [1.165, 1.54) is 25.7 Å². The van der Waals surface area contributed by atoms with E-state index in [4.69, 9.17) is 4.74 Å². The second-order valence-corrected chi connectivity index (χ2v) is 5.12. The van der Waals surface area contributed by atoms with E-state index in [1.54, 1.807) is 7.11 Å². The Hall–Kier alpha value is -1.15. The van der Waals surface area contributed by atoms with E-state index in [2.05, 4.69) is 0 Å². The van der Waals surface area contributed by atoms with Crippen LogP contribution in [0, 0.1) is 5.92 Å². The zero-order valence-electron chi connectivity index (χ0n) is 11.1. The number of hydrogen-bond acceptors (Lipinski definition) is 2. The molecule has 0 amide bonds. The Morgan fingerprint density at radius 2 is 1.72 bits per heavy atom. The van der Waals surface area contributed by atoms with Crippen LogP contribution < -0.4 is 0 Å². The summed E-state index contributed by atoms with van der Waals surface area (Å²) in [6, 6.07) is 9.83. The van der Waals surface area contributed by atoms with Crippen molar-refractivity contribution >= 4 is 5.78 Å². The second kappa shape index (κ2) is 6.69. The Morgan fingerprint density at radius 1 is 1.11 bits per heavy atom. The topological polar surface area (TPSA) is 26.3 Å². The van der Waals surface area contributed by atoms with Crippen molar-refractivity contribution in [2.24, 2.45) is 5.92 Å². The highest BCUT2D eigenvalue weighted by molar-refractivity contribution is 5.86. The number of benzene rings is 1. The van der Waals surface area contributed by atoms with Crippen LogP contribution in [0.3, 0.4) is 0 Å². The van der Waals surface area contributed by atoms with Gasteiger partial charge in [-0.3, -0.25) is 4.79 Å². The molecule has 1 aliphatic rings. The molecule has 0 aromatic heterocycles. The third-order valence-corrected chi connectivity index (χ3v) is 3.85. The highest BCUT2D eigenvalue weighted by Crippen LogP contribution is 2.29. The van der Waals surface area contributed by atoms with Gasteiger partial charge in [0.1, 0.15) is 6.10 Å². The Kier molecular flexibility index (Phi) is 4.94. The van der Waals surface area contributed by atoms with Crippen LogP contribution in [-0.2, 0) is 9.53 Å². The van der Waals surface area contributed by atoms with Crippen molar-refractivity contribution < 1.29 is 9.53 Å². The first-order valence-electron chi connectivity index (χ1n) is 6.94. The zero-order valence-corrected chi connectivity index (χ0v) is 11.1. The van der Waals surface area contributed by atoms with E-state index in [1.807, 2.05) is 30.3 Å². The fourth-order valence-electron chi connectivity index (χ4n) is 2.82. The van der Waals surface area contributed by atoms with Crippen molar-refractivity contribution in [1.29, 1.82) is 0 Å². The van der Waals surface area contributed by atoms with Gasteiger partial charge in [0.15, 0.2) is 5.78 Å². The van der Waals surface area contributed by atoms with Gasteiger partial charge in [0, 0.05) is 13.0 Å². The first kappa shape index (κ1) is 13.3. The predicted octanol–water partition coefficient (Wildman–Crippen LogP) is 3.91. The molecule has 18 heavy (non-hydrogen) atoms. The maximum atomic E-state index is 12.6. The van der Waals surface area contributed by atoms with Crippen molar-refractivity contribution in [2.75, 3.05) is 7.11 Å². The molecule has 0 radical (unpaired) electrons. The number of ketones is 1. The molecular weight excluding hydrogens is 224 g/mol. The van der Waals surface area contributed by atoms with Crippen LogP contribution in [0.1, 0.15) is 50.2 Å². The molecule has 1 fully saturated rings. The summed E-state index contributed by atoms with van der Waals surface area (Å²) in [5.41, 5.74) is 0.981. The van der Waals surface area contributed by atoms with Gasteiger partial charge in [0.2, 0.25) is 0 Å². The molecule has 1 atom stereocenters. The average Bonchev–Trinajstić information content (AvgIpc) is 2.69. The lowest BCUT2D eigenvalue weighted by molar-refractivity contribution is -0.133. The van der Waals surface area contributed by atoms with Crippen LogP contribution in [-0.4, -0.2) is 12.9 Å². The highest BCUT2D eigenvalue weighted by Gasteiger charge is 2.28. The number of carbonyl (C=O) groups is 1. The molecule has 0 saturated heterocycles. The number of rotatable bonds is 4. The van der Waals surface area contributed by atoms with Gasteiger partial charge in [0.05, 0.1) is 0 Å². The van der Waals surface area contributed by atoms with Gasteiger partial charge in [-0.2, -0.15) is 0 Å². The lowest BCUT2D eigenvalue weighted by Crippen LogP contribution is -2.23. The Balaban J connectivity index is 2.09. The van der Waals surface area contributed by atoms with Gasteiger partial charge in [-0.15, -0.1) is 0 Å². The van der Waals surface area contributed by atoms with E-state index in [9.17, 15) is 4.79 Å². The fourth-order valence-corrected chi connectivity index (χ4v) is 2.82. The van der Waals surface area contributed by atoms with Gasteiger partial charge < -0.3 is 4.74 Å². The average molecular weight is 246 g/mol. The molecule has 2 rings (SSSR count). The van der Waals surface area contributed by atoms with Crippen molar-refractivity contribution in [1.82, 2.24) is 0 Å². The van der Waals surface area contributed by atoms with Gasteiger partial charge in [-0.25, -0.2) is 0 Å². The van der Waals surface area contributed by atoms with Crippen LogP contribution >= 0.6 is 0 Å². The minimum atomic E-state index is -0.380. The zero-order chi connectivity index (χ0) is 12.8. The molecular formula is C16H22O2. The number of ether oxygens (including phenoxy) is 1. The SMILES string of the molecule is COC(C(=O)C1CCCCCC1)c1ccccc1. The second-order valence-electron chi connectivity index (χ2n) is 5.12. The summed E-state index contributed by atoms with van der Waals surface area (Å²) in [6.07, 6.45) is 6.59. The lowest BCUT2D eigenvalue weighted by Gasteiger charge is -2.20. The Morgan fingerprint density at radius 3 is 2.28 bits per heavy atom. The van der Waals surface area contributed by atoms with Gasteiger partial charge in [0.25, 0.3) is 0 Å². The molecule has 1 unspecified atom stereocenters. The summed E-state index contributed by atoms with van der Waals surface area (Å²) in [5.74, 6) is 0.461. The standard InChI is InChI=1S/C16H22O2/c1-18-16(14-11-7-4-8-12-14)15(17)13-9-5-2-3-6-10-13/h4,7-8,11-13,16H,2-3,5-6,9-10H2,1H3. The first-order valence-corrected chi connectivity index (χ1v) is 6.94. The van der Waals surface area contributed by atoms with Crippen LogP contribution in [0.2, 0.25) is 0 Å². The smallest absolute Gasteiger partial charge is 0.169 e. The number of methoxy groups -OCH3 is 1. The summed E-state index contributed by atoms with van der Waals surface area (Å²) in [6.45, 7) is 0. The largest absolute Gasteiger partial charge is 0.369 e. The van der Waals surface area contributed by atoms with Gasteiger partial charge in [-0.05, 0) is 18.4 Å². The highest BCUT2D eigenvalue weighted by atomic mass is 16.5. The fraction of sp³-hybridized carbons (Fsp3) is 0.562. The van der Waals surface area contributed by atoms with Crippen molar-refractivity contribution in [2.45, 2.75) is 44.6 Å². The number of hydrogen-bond donors (Lipinski definition) is 0. The summed E-state index contributed by atoms with van der Waals surface area (Å²) < 4.78 is 5.44. The number of Topliss-reactive ketones (excluding diaryl/α,β-unsaturated/α-hetero) is 1. The maximum absolute atomic E-state index is 12.6. The van der Waals surface area contributed by atoms with E-state index >= 15 is 0 Å². The Labute approximate surface area is 109 Å². The maximum Gasteiger partial charge on any atom is 0.169 e. The molecule has 0 aliphatic heterocycles. The first-order chi connectivity index (χ1) is 8.83. The van der Waals surface area contributed by atoms with E-state index in [0.717, 1.165) is 18.4 Å². The van der Waals surface area contributed by atoms with Crippen molar-refractivity contribution in [3.8, 4) is 0 Å². The van der Waals surface area contributed by atoms with Gasteiger partial charge >= 0.3 is 0 Å².